The highest BCUT2D eigenvalue weighted by Gasteiger charge is 2.27. The molecule has 0 saturated carbocycles. The van der Waals surface area contributed by atoms with Gasteiger partial charge in [0, 0.05) is 0 Å². The molecule has 1 aromatic carbocycles. The van der Waals surface area contributed by atoms with Crippen molar-refractivity contribution in [1.29, 1.82) is 0 Å². The Balaban J connectivity index is 2.54. The molecule has 0 saturated heterocycles. The average Bonchev–Trinajstić information content (AvgIpc) is 2.55. The molecule has 0 fully saturated rings. The van der Waals surface area contributed by atoms with Gasteiger partial charge in [-0.25, -0.2) is 5.43 Å². The minimum atomic E-state index is -1.27. The van der Waals surface area contributed by atoms with Gasteiger partial charge in [0.2, 0.25) is 0 Å². The second-order valence-electron chi connectivity index (χ2n) is 4.80. The van der Waals surface area contributed by atoms with Crippen LogP contribution in [0, 0.1) is 0 Å². The number of hydrazone groups is 1. The van der Waals surface area contributed by atoms with E-state index >= 15 is 0 Å². The molecule has 0 aromatic heterocycles. The lowest BCUT2D eigenvalue weighted by Gasteiger charge is -2.25. The van der Waals surface area contributed by atoms with E-state index in [0.29, 0.717) is 11.3 Å². The topological polar surface area (TPSA) is 120 Å². The lowest BCUT2D eigenvalue weighted by atomic mass is 10.1. The molecule has 22 heavy (non-hydrogen) atoms. The van der Waals surface area contributed by atoms with Gasteiger partial charge >= 0.3 is 11.8 Å². The fraction of sp³-hybridized carbons (Fsp3) is 0.357. The van der Waals surface area contributed by atoms with Gasteiger partial charge in [-0.05, 0) is 36.8 Å². The van der Waals surface area contributed by atoms with Gasteiger partial charge in [-0.15, -0.1) is 0 Å². The van der Waals surface area contributed by atoms with Crippen molar-refractivity contribution in [3.8, 4) is 5.75 Å². The summed E-state index contributed by atoms with van der Waals surface area (Å²) >= 11 is 0. The highest BCUT2D eigenvalue weighted by Crippen LogP contribution is 2.09. The number of hydrogen-bond donors (Lipinski definition) is 4. The number of carbonyl (C=O) groups excluding carboxylic acids is 2. The minimum absolute atomic E-state index is 0.502. The van der Waals surface area contributed by atoms with Gasteiger partial charge in [0.1, 0.15) is 5.75 Å². The Morgan fingerprint density at radius 1 is 1.23 bits per heavy atom. The zero-order chi connectivity index (χ0) is 16.6. The third-order valence-corrected chi connectivity index (χ3v) is 2.82. The smallest absolute Gasteiger partial charge is 0.329 e. The lowest BCUT2D eigenvalue weighted by Crippen LogP contribution is -2.55. The second-order valence-corrected chi connectivity index (χ2v) is 4.80. The Labute approximate surface area is 127 Å². The monoisotopic (exact) mass is 309 g/mol. The molecule has 0 heterocycles. The van der Waals surface area contributed by atoms with Crippen LogP contribution in [0.2, 0.25) is 0 Å². The first kappa shape index (κ1) is 17.6. The third-order valence-electron chi connectivity index (χ3n) is 2.82. The van der Waals surface area contributed by atoms with E-state index in [-0.39, 0.29) is 0 Å². The first-order valence-electron chi connectivity index (χ1n) is 6.45. The number of nitrogens with one attached hydrogen (secondary N) is 2. The molecule has 0 aliphatic heterocycles. The standard InChI is InChI=1S/C14H19N3O5/c1-14(8-18,9-19)16-12(20)13(21)17-15-7-10-3-5-11(22-2)6-4-10/h3-7,18-19H,8-9H2,1-2H3,(H,16,20)(H,17,21). The normalized spacial score (nSPS) is 11.3. The SMILES string of the molecule is COc1ccc(C=NNC(=O)C(=O)NC(C)(CO)CO)cc1. The lowest BCUT2D eigenvalue weighted by molar-refractivity contribution is -0.140. The summed E-state index contributed by atoms with van der Waals surface area (Å²) in [6.45, 7) is 0.397. The molecule has 8 nitrogen and oxygen atoms in total. The van der Waals surface area contributed by atoms with Gasteiger partial charge in [-0.2, -0.15) is 5.10 Å². The predicted octanol–water partition coefficient (Wildman–Crippen LogP) is -0.995. The van der Waals surface area contributed by atoms with E-state index in [0.717, 1.165) is 0 Å². The number of amides is 2. The van der Waals surface area contributed by atoms with Crippen LogP contribution in [-0.4, -0.2) is 54.1 Å². The quantitative estimate of drug-likeness (QED) is 0.305. The van der Waals surface area contributed by atoms with Gasteiger partial charge in [-0.1, -0.05) is 0 Å². The Hall–Kier alpha value is -2.45. The summed E-state index contributed by atoms with van der Waals surface area (Å²) < 4.78 is 5.00. The first-order chi connectivity index (χ1) is 10.4. The number of aliphatic hydroxyl groups excluding tert-OH is 2. The highest BCUT2D eigenvalue weighted by molar-refractivity contribution is 6.35. The van der Waals surface area contributed by atoms with E-state index in [1.165, 1.54) is 13.1 Å². The van der Waals surface area contributed by atoms with Crippen LogP contribution < -0.4 is 15.5 Å². The van der Waals surface area contributed by atoms with Crippen molar-refractivity contribution in [2.75, 3.05) is 20.3 Å². The van der Waals surface area contributed by atoms with Crippen LogP contribution in [0.15, 0.2) is 29.4 Å². The van der Waals surface area contributed by atoms with Crippen molar-refractivity contribution >= 4 is 18.0 Å². The molecule has 8 heteroatoms. The molecule has 120 valence electrons. The van der Waals surface area contributed by atoms with Gasteiger partial charge < -0.3 is 20.3 Å². The molecule has 1 rings (SSSR count). The van der Waals surface area contributed by atoms with Gasteiger partial charge in [0.05, 0.1) is 32.1 Å². The fourth-order valence-electron chi connectivity index (χ4n) is 1.37. The largest absolute Gasteiger partial charge is 0.497 e. The van der Waals surface area contributed by atoms with Crippen molar-refractivity contribution in [3.63, 3.8) is 0 Å². The second kappa shape index (κ2) is 8.11. The van der Waals surface area contributed by atoms with Gasteiger partial charge in [-0.3, -0.25) is 9.59 Å². The van der Waals surface area contributed by atoms with Crippen LogP contribution in [0.4, 0.5) is 0 Å². The van der Waals surface area contributed by atoms with E-state index in [4.69, 9.17) is 14.9 Å². The Bertz CT molecular complexity index is 538. The summed E-state index contributed by atoms with van der Waals surface area (Å²) in [7, 11) is 1.55. The summed E-state index contributed by atoms with van der Waals surface area (Å²) in [5, 5.41) is 23.9. The number of benzene rings is 1. The van der Waals surface area contributed by atoms with Crippen LogP contribution in [-0.2, 0) is 9.59 Å². The highest BCUT2D eigenvalue weighted by atomic mass is 16.5. The first-order valence-corrected chi connectivity index (χ1v) is 6.45. The predicted molar refractivity (Wildman–Crippen MR) is 79.5 cm³/mol. The number of hydrogen-bond acceptors (Lipinski definition) is 6. The van der Waals surface area contributed by atoms with E-state index in [2.05, 4.69) is 15.8 Å². The molecule has 0 unspecified atom stereocenters. The Morgan fingerprint density at radius 2 is 1.82 bits per heavy atom. The Morgan fingerprint density at radius 3 is 2.32 bits per heavy atom. The Kier molecular flexibility index (Phi) is 6.48. The van der Waals surface area contributed by atoms with Gasteiger partial charge in [0.15, 0.2) is 0 Å². The summed E-state index contributed by atoms with van der Waals surface area (Å²) in [6, 6.07) is 6.90. The average molecular weight is 309 g/mol. The maximum absolute atomic E-state index is 11.6. The summed E-state index contributed by atoms with van der Waals surface area (Å²) in [5.74, 6) is -1.32. The number of ether oxygens (including phenoxy) is 1. The van der Waals surface area contributed by atoms with Crippen molar-refractivity contribution < 1.29 is 24.5 Å². The molecule has 0 atom stereocenters. The van der Waals surface area contributed by atoms with Crippen LogP contribution in [0.5, 0.6) is 5.75 Å². The number of carbonyl (C=O) groups is 2. The van der Waals surface area contributed by atoms with E-state index in [9.17, 15) is 9.59 Å². The van der Waals surface area contributed by atoms with Crippen LogP contribution >= 0.6 is 0 Å². The molecule has 1 aromatic rings. The summed E-state index contributed by atoms with van der Waals surface area (Å²) in [5.41, 5.74) is 1.49. The van der Waals surface area contributed by atoms with Crippen molar-refractivity contribution in [3.05, 3.63) is 29.8 Å². The number of methoxy groups -OCH3 is 1. The molecular formula is C14H19N3O5. The fourth-order valence-corrected chi connectivity index (χ4v) is 1.37. The number of rotatable bonds is 6. The van der Waals surface area contributed by atoms with Crippen LogP contribution in [0.3, 0.4) is 0 Å². The van der Waals surface area contributed by atoms with E-state index < -0.39 is 30.6 Å². The maximum Gasteiger partial charge on any atom is 0.329 e. The van der Waals surface area contributed by atoms with Crippen molar-refractivity contribution in [2.24, 2.45) is 5.10 Å². The molecule has 0 bridgehead atoms. The van der Waals surface area contributed by atoms with Crippen molar-refractivity contribution in [1.82, 2.24) is 10.7 Å². The molecule has 2 amide bonds. The van der Waals surface area contributed by atoms with Crippen molar-refractivity contribution in [2.45, 2.75) is 12.5 Å². The third kappa shape index (κ3) is 5.15. The number of aliphatic hydroxyl groups is 2. The molecule has 0 aliphatic rings. The summed E-state index contributed by atoms with van der Waals surface area (Å²) in [6.07, 6.45) is 1.36. The maximum atomic E-state index is 11.6. The molecule has 4 N–H and O–H groups in total. The molecule has 0 aliphatic carbocycles. The molecule has 0 radical (unpaired) electrons. The zero-order valence-electron chi connectivity index (χ0n) is 12.4. The molecular weight excluding hydrogens is 290 g/mol. The van der Waals surface area contributed by atoms with E-state index in [1.807, 2.05) is 0 Å². The minimum Gasteiger partial charge on any atom is -0.497 e. The van der Waals surface area contributed by atoms with E-state index in [1.54, 1.807) is 31.4 Å². The van der Waals surface area contributed by atoms with Crippen LogP contribution in [0.1, 0.15) is 12.5 Å². The van der Waals surface area contributed by atoms with Gasteiger partial charge in [0.25, 0.3) is 0 Å². The number of nitrogens with zero attached hydrogens (tertiary/aromatic N) is 1. The van der Waals surface area contributed by atoms with Crippen LogP contribution in [0.25, 0.3) is 0 Å². The summed E-state index contributed by atoms with van der Waals surface area (Å²) in [4.78, 5) is 23.1. The molecule has 0 spiro atoms. The zero-order valence-corrected chi connectivity index (χ0v) is 12.4.